The van der Waals surface area contributed by atoms with Gasteiger partial charge in [-0.25, -0.2) is 0 Å². The number of hydrogen-bond donors (Lipinski definition) is 1. The van der Waals surface area contributed by atoms with E-state index < -0.39 is 0 Å². The van der Waals surface area contributed by atoms with Crippen LogP contribution in [-0.4, -0.2) is 5.91 Å². The average molecular weight is 279 g/mol. The van der Waals surface area contributed by atoms with E-state index in [0.717, 1.165) is 12.8 Å². The van der Waals surface area contributed by atoms with E-state index in [1.807, 2.05) is 18.2 Å². The Balaban J connectivity index is 1.61. The zero-order valence-corrected chi connectivity index (χ0v) is 12.4. The normalized spacial score (nSPS) is 18.0. The Labute approximate surface area is 126 Å². The smallest absolute Gasteiger partial charge is 0.221 e. The Hall–Kier alpha value is -2.09. The lowest BCUT2D eigenvalue weighted by atomic mass is 9.97. The highest BCUT2D eigenvalue weighted by Gasteiger charge is 2.23. The van der Waals surface area contributed by atoms with Crippen molar-refractivity contribution in [2.75, 3.05) is 0 Å². The Morgan fingerprint density at radius 3 is 2.67 bits per heavy atom. The summed E-state index contributed by atoms with van der Waals surface area (Å²) < 4.78 is 0. The van der Waals surface area contributed by atoms with E-state index in [2.05, 4.69) is 48.6 Å². The highest BCUT2D eigenvalue weighted by atomic mass is 16.1. The summed E-state index contributed by atoms with van der Waals surface area (Å²) in [4.78, 5) is 12.3. The van der Waals surface area contributed by atoms with Gasteiger partial charge in [0.2, 0.25) is 5.91 Å². The Kier molecular flexibility index (Phi) is 4.05. The van der Waals surface area contributed by atoms with E-state index >= 15 is 0 Å². The molecular formula is C19H21NO. The summed E-state index contributed by atoms with van der Waals surface area (Å²) in [6, 6.07) is 18.8. The third kappa shape index (κ3) is 3.15. The Bertz CT molecular complexity index is 620. The Morgan fingerprint density at radius 2 is 1.86 bits per heavy atom. The summed E-state index contributed by atoms with van der Waals surface area (Å²) in [5.41, 5.74) is 3.89. The fraction of sp³-hybridized carbons (Fsp3) is 0.316. The zero-order valence-electron chi connectivity index (χ0n) is 12.4. The van der Waals surface area contributed by atoms with Gasteiger partial charge >= 0.3 is 0 Å². The van der Waals surface area contributed by atoms with Gasteiger partial charge in [-0.3, -0.25) is 4.79 Å². The minimum absolute atomic E-state index is 0.146. The fourth-order valence-corrected chi connectivity index (χ4v) is 3.14. The van der Waals surface area contributed by atoms with E-state index in [1.165, 1.54) is 16.7 Å². The van der Waals surface area contributed by atoms with Gasteiger partial charge in [0.05, 0.1) is 6.04 Å². The molecule has 0 radical (unpaired) electrons. The first kappa shape index (κ1) is 13.9. The second-order valence-electron chi connectivity index (χ2n) is 5.87. The number of carbonyl (C=O) groups is 1. The molecule has 1 N–H and O–H groups in total. The number of nitrogens with one attached hydrogen (secondary N) is 1. The van der Waals surface area contributed by atoms with Crippen LogP contribution in [0.1, 0.15) is 48.4 Å². The van der Waals surface area contributed by atoms with Crippen LogP contribution in [0, 0.1) is 0 Å². The summed E-state index contributed by atoms with van der Waals surface area (Å²) in [5.74, 6) is 0.399. The third-order valence-electron chi connectivity index (χ3n) is 4.33. The summed E-state index contributed by atoms with van der Waals surface area (Å²) in [6.07, 6.45) is 2.63. The summed E-state index contributed by atoms with van der Waals surface area (Å²) >= 11 is 0. The molecule has 0 aliphatic heterocycles. The predicted octanol–water partition coefficient (Wildman–Crippen LogP) is 3.98. The van der Waals surface area contributed by atoms with Crippen molar-refractivity contribution in [2.45, 2.75) is 38.1 Å². The van der Waals surface area contributed by atoms with E-state index in [1.54, 1.807) is 0 Å². The van der Waals surface area contributed by atoms with Gasteiger partial charge in [-0.1, -0.05) is 61.5 Å². The fourth-order valence-electron chi connectivity index (χ4n) is 3.14. The molecule has 2 nitrogen and oxygen atoms in total. The highest BCUT2D eigenvalue weighted by Crippen LogP contribution is 2.31. The predicted molar refractivity (Wildman–Crippen MR) is 85.1 cm³/mol. The minimum Gasteiger partial charge on any atom is -0.349 e. The molecule has 0 spiro atoms. The third-order valence-corrected chi connectivity index (χ3v) is 4.33. The second-order valence-corrected chi connectivity index (χ2v) is 5.87. The average Bonchev–Trinajstić information content (AvgIpc) is 2.91. The molecule has 0 heterocycles. The lowest BCUT2D eigenvalue weighted by Gasteiger charge is -2.17. The molecule has 2 heteroatoms. The van der Waals surface area contributed by atoms with Crippen molar-refractivity contribution in [3.8, 4) is 0 Å². The molecule has 0 saturated carbocycles. The topological polar surface area (TPSA) is 29.1 Å². The van der Waals surface area contributed by atoms with Crippen molar-refractivity contribution in [3.05, 3.63) is 71.3 Å². The number of fused-ring (bicyclic) bond motifs is 1. The van der Waals surface area contributed by atoms with Crippen LogP contribution in [0.5, 0.6) is 0 Å². The van der Waals surface area contributed by atoms with E-state index in [9.17, 15) is 4.79 Å². The maximum absolute atomic E-state index is 12.3. The first-order valence-corrected chi connectivity index (χ1v) is 7.66. The van der Waals surface area contributed by atoms with Crippen LogP contribution in [0.4, 0.5) is 0 Å². The van der Waals surface area contributed by atoms with E-state index in [0.29, 0.717) is 6.42 Å². The van der Waals surface area contributed by atoms with Crippen LogP contribution in [0.25, 0.3) is 0 Å². The molecule has 0 bridgehead atoms. The second kappa shape index (κ2) is 6.13. The molecule has 1 amide bonds. The van der Waals surface area contributed by atoms with Gasteiger partial charge < -0.3 is 5.32 Å². The van der Waals surface area contributed by atoms with Crippen LogP contribution in [0.15, 0.2) is 54.6 Å². The van der Waals surface area contributed by atoms with Crippen molar-refractivity contribution in [2.24, 2.45) is 0 Å². The van der Waals surface area contributed by atoms with Gasteiger partial charge in [-0.2, -0.15) is 0 Å². The zero-order chi connectivity index (χ0) is 14.7. The molecule has 3 rings (SSSR count). The number of carbonyl (C=O) groups excluding carboxylic acids is 1. The van der Waals surface area contributed by atoms with Gasteiger partial charge in [0.1, 0.15) is 0 Å². The van der Waals surface area contributed by atoms with Crippen LogP contribution in [-0.2, 0) is 11.2 Å². The van der Waals surface area contributed by atoms with E-state index in [-0.39, 0.29) is 17.9 Å². The lowest BCUT2D eigenvalue weighted by Crippen LogP contribution is -2.28. The van der Waals surface area contributed by atoms with Gasteiger partial charge in [0.25, 0.3) is 0 Å². The summed E-state index contributed by atoms with van der Waals surface area (Å²) in [6.45, 7) is 2.11. The first-order chi connectivity index (χ1) is 10.2. The molecule has 0 saturated heterocycles. The largest absolute Gasteiger partial charge is 0.349 e. The maximum Gasteiger partial charge on any atom is 0.221 e. The molecule has 2 unspecified atom stereocenters. The quantitative estimate of drug-likeness (QED) is 0.901. The van der Waals surface area contributed by atoms with Crippen LogP contribution >= 0.6 is 0 Å². The monoisotopic (exact) mass is 279 g/mol. The SMILES string of the molecule is CC(CC(=O)NC1CCc2ccccc21)c1ccccc1. The molecule has 2 aromatic rings. The summed E-state index contributed by atoms with van der Waals surface area (Å²) in [7, 11) is 0. The highest BCUT2D eigenvalue weighted by molar-refractivity contribution is 5.77. The van der Waals surface area contributed by atoms with Gasteiger partial charge in [-0.15, -0.1) is 0 Å². The molecule has 0 aromatic heterocycles. The van der Waals surface area contributed by atoms with Crippen molar-refractivity contribution in [1.82, 2.24) is 5.32 Å². The molecule has 2 atom stereocenters. The maximum atomic E-state index is 12.3. The van der Waals surface area contributed by atoms with Crippen molar-refractivity contribution >= 4 is 5.91 Å². The van der Waals surface area contributed by atoms with Crippen molar-refractivity contribution in [3.63, 3.8) is 0 Å². The molecule has 2 aromatic carbocycles. The number of benzene rings is 2. The molecule has 0 fully saturated rings. The van der Waals surface area contributed by atoms with Crippen molar-refractivity contribution in [1.29, 1.82) is 0 Å². The minimum atomic E-state index is 0.146. The lowest BCUT2D eigenvalue weighted by molar-refractivity contribution is -0.122. The van der Waals surface area contributed by atoms with Crippen molar-refractivity contribution < 1.29 is 4.79 Å². The first-order valence-electron chi connectivity index (χ1n) is 7.66. The molecule has 1 aliphatic carbocycles. The summed E-state index contributed by atoms with van der Waals surface area (Å²) in [5, 5.41) is 3.20. The molecule has 1 aliphatic rings. The molecule has 21 heavy (non-hydrogen) atoms. The Morgan fingerprint density at radius 1 is 1.14 bits per heavy atom. The van der Waals surface area contributed by atoms with Gasteiger partial charge in [-0.05, 0) is 35.4 Å². The standard InChI is InChI=1S/C19H21NO/c1-14(15-7-3-2-4-8-15)13-19(21)20-18-12-11-16-9-5-6-10-17(16)18/h2-10,14,18H,11-13H2,1H3,(H,20,21). The van der Waals surface area contributed by atoms with Crippen LogP contribution < -0.4 is 5.32 Å². The number of aryl methyl sites for hydroxylation is 1. The molecular weight excluding hydrogens is 258 g/mol. The van der Waals surface area contributed by atoms with E-state index in [4.69, 9.17) is 0 Å². The van der Waals surface area contributed by atoms with Crippen LogP contribution in [0.3, 0.4) is 0 Å². The van der Waals surface area contributed by atoms with Gasteiger partial charge in [0, 0.05) is 6.42 Å². The molecule has 108 valence electrons. The number of hydrogen-bond acceptors (Lipinski definition) is 1. The number of rotatable bonds is 4. The van der Waals surface area contributed by atoms with Crippen LogP contribution in [0.2, 0.25) is 0 Å². The van der Waals surface area contributed by atoms with Gasteiger partial charge in [0.15, 0.2) is 0 Å². The number of amides is 1.